The van der Waals surface area contributed by atoms with Crippen molar-refractivity contribution in [3.63, 3.8) is 0 Å². The van der Waals surface area contributed by atoms with Gasteiger partial charge in [-0.25, -0.2) is 4.98 Å². The summed E-state index contributed by atoms with van der Waals surface area (Å²) < 4.78 is 10.5. The molecule has 0 bridgehead atoms. The lowest BCUT2D eigenvalue weighted by molar-refractivity contribution is -0.136. The molecule has 19 heavy (non-hydrogen) atoms. The Labute approximate surface area is 110 Å². The van der Waals surface area contributed by atoms with Crippen LogP contribution < -0.4 is 9.47 Å². The van der Waals surface area contributed by atoms with Crippen molar-refractivity contribution in [2.75, 3.05) is 14.2 Å². The van der Waals surface area contributed by atoms with Crippen LogP contribution in [0.1, 0.15) is 12.1 Å². The molecule has 0 spiro atoms. The molecule has 0 atom stereocenters. The monoisotopic (exact) mass is 261 g/mol. The molecule has 0 saturated carbocycles. The number of carboxylic acid groups (broad SMARTS) is 1. The number of carboxylic acids is 1. The summed E-state index contributed by atoms with van der Waals surface area (Å²) in [5.74, 6) is 0.528. The number of benzene rings is 1. The summed E-state index contributed by atoms with van der Waals surface area (Å²) in [7, 11) is 3.17. The molecule has 100 valence electrons. The van der Waals surface area contributed by atoms with Crippen LogP contribution in [0.15, 0.2) is 24.3 Å². The van der Waals surface area contributed by atoms with Gasteiger partial charge >= 0.3 is 5.97 Å². The van der Waals surface area contributed by atoms with Crippen molar-refractivity contribution in [3.8, 4) is 11.5 Å². The van der Waals surface area contributed by atoms with Crippen molar-refractivity contribution in [2.45, 2.75) is 12.8 Å². The smallest absolute Gasteiger partial charge is 0.303 e. The van der Waals surface area contributed by atoms with Gasteiger partial charge in [-0.2, -0.15) is 0 Å². The lowest BCUT2D eigenvalue weighted by atomic mass is 10.1. The molecule has 1 N–H and O–H groups in total. The van der Waals surface area contributed by atoms with Gasteiger partial charge in [-0.05, 0) is 24.3 Å². The minimum absolute atomic E-state index is 0.0603. The highest BCUT2D eigenvalue weighted by Gasteiger charge is 2.10. The van der Waals surface area contributed by atoms with Crippen LogP contribution in [0, 0.1) is 0 Å². The lowest BCUT2D eigenvalue weighted by Gasteiger charge is -2.10. The largest absolute Gasteiger partial charge is 0.496 e. The number of ether oxygens (including phenoxy) is 2. The van der Waals surface area contributed by atoms with Crippen molar-refractivity contribution < 1.29 is 19.4 Å². The third-order valence-corrected chi connectivity index (χ3v) is 2.87. The third kappa shape index (κ3) is 2.76. The topological polar surface area (TPSA) is 68.7 Å². The van der Waals surface area contributed by atoms with E-state index in [0.717, 1.165) is 11.1 Å². The van der Waals surface area contributed by atoms with E-state index in [-0.39, 0.29) is 6.42 Å². The van der Waals surface area contributed by atoms with Gasteiger partial charge in [-0.1, -0.05) is 0 Å². The second-order valence-electron chi connectivity index (χ2n) is 4.06. The molecule has 0 amide bonds. The number of fused-ring (bicyclic) bond motifs is 1. The Morgan fingerprint density at radius 2 is 1.84 bits per heavy atom. The summed E-state index contributed by atoms with van der Waals surface area (Å²) in [4.78, 5) is 15.0. The maximum absolute atomic E-state index is 10.6. The van der Waals surface area contributed by atoms with Gasteiger partial charge in [0.2, 0.25) is 0 Å². The lowest BCUT2D eigenvalue weighted by Crippen LogP contribution is -2.00. The summed E-state index contributed by atoms with van der Waals surface area (Å²) in [5, 5.41) is 9.55. The minimum Gasteiger partial charge on any atom is -0.496 e. The molecule has 0 aliphatic rings. The molecule has 0 unspecified atom stereocenters. The molecule has 5 nitrogen and oxygen atoms in total. The van der Waals surface area contributed by atoms with Gasteiger partial charge in [0.1, 0.15) is 17.0 Å². The van der Waals surface area contributed by atoms with Crippen molar-refractivity contribution >= 4 is 16.9 Å². The van der Waals surface area contributed by atoms with E-state index in [0.29, 0.717) is 23.4 Å². The Morgan fingerprint density at radius 3 is 2.47 bits per heavy atom. The average Bonchev–Trinajstić information content (AvgIpc) is 2.43. The van der Waals surface area contributed by atoms with E-state index in [1.807, 2.05) is 18.2 Å². The average molecular weight is 261 g/mol. The molecule has 1 heterocycles. The van der Waals surface area contributed by atoms with Gasteiger partial charge in [0, 0.05) is 17.5 Å². The van der Waals surface area contributed by atoms with Crippen LogP contribution >= 0.6 is 0 Å². The van der Waals surface area contributed by atoms with Gasteiger partial charge < -0.3 is 14.6 Å². The van der Waals surface area contributed by atoms with Gasteiger partial charge in [0.25, 0.3) is 0 Å². The van der Waals surface area contributed by atoms with E-state index in [1.165, 1.54) is 0 Å². The summed E-state index contributed by atoms with van der Waals surface area (Å²) in [6.45, 7) is 0. The van der Waals surface area contributed by atoms with Crippen molar-refractivity contribution in [3.05, 3.63) is 30.0 Å². The van der Waals surface area contributed by atoms with E-state index in [4.69, 9.17) is 14.6 Å². The number of aromatic nitrogens is 1. The molecule has 2 aromatic rings. The summed E-state index contributed by atoms with van der Waals surface area (Å²) in [5.41, 5.74) is 1.41. The van der Waals surface area contributed by atoms with Crippen LogP contribution in [0.2, 0.25) is 0 Å². The fourth-order valence-corrected chi connectivity index (χ4v) is 1.92. The maximum atomic E-state index is 10.6. The fraction of sp³-hybridized carbons (Fsp3) is 0.286. The fourth-order valence-electron chi connectivity index (χ4n) is 1.92. The number of hydrogen-bond acceptors (Lipinski definition) is 4. The van der Waals surface area contributed by atoms with E-state index in [2.05, 4.69) is 4.98 Å². The number of carbonyl (C=O) groups is 1. The van der Waals surface area contributed by atoms with Crippen LogP contribution in [-0.2, 0) is 11.2 Å². The van der Waals surface area contributed by atoms with Crippen LogP contribution in [0.4, 0.5) is 0 Å². The predicted molar refractivity (Wildman–Crippen MR) is 70.8 cm³/mol. The maximum Gasteiger partial charge on any atom is 0.303 e. The van der Waals surface area contributed by atoms with Crippen LogP contribution in [0.5, 0.6) is 11.5 Å². The van der Waals surface area contributed by atoms with Gasteiger partial charge in [0.15, 0.2) is 0 Å². The number of rotatable bonds is 5. The van der Waals surface area contributed by atoms with Crippen molar-refractivity contribution in [1.29, 1.82) is 0 Å². The third-order valence-electron chi connectivity index (χ3n) is 2.87. The van der Waals surface area contributed by atoms with Gasteiger partial charge in [-0.15, -0.1) is 0 Å². The van der Waals surface area contributed by atoms with Crippen LogP contribution in [0.3, 0.4) is 0 Å². The number of aliphatic carboxylic acids is 1. The molecule has 1 aromatic carbocycles. The summed E-state index contributed by atoms with van der Waals surface area (Å²) in [6.07, 6.45) is 0.455. The predicted octanol–water partition coefficient (Wildman–Crippen LogP) is 2.27. The second-order valence-corrected chi connectivity index (χ2v) is 4.06. The standard InChI is InChI=1S/C14H15NO4/c1-18-11-6-7-12(19-2)14-10(11)5-3-9(15-14)4-8-13(16)17/h3,5-7H,4,8H2,1-2H3,(H,16,17). The van der Waals surface area contributed by atoms with E-state index < -0.39 is 5.97 Å². The summed E-state index contributed by atoms with van der Waals surface area (Å²) in [6, 6.07) is 7.29. The Hall–Kier alpha value is -2.30. The minimum atomic E-state index is -0.834. The molecule has 0 fully saturated rings. The number of aryl methyl sites for hydroxylation is 1. The first-order valence-corrected chi connectivity index (χ1v) is 5.88. The highest BCUT2D eigenvalue weighted by atomic mass is 16.5. The molecule has 1 aromatic heterocycles. The molecule has 0 aliphatic carbocycles. The Balaban J connectivity index is 2.47. The van der Waals surface area contributed by atoms with Gasteiger partial charge in [-0.3, -0.25) is 4.79 Å². The molecule has 0 aliphatic heterocycles. The first kappa shape index (κ1) is 13.1. The molecular formula is C14H15NO4. The molecule has 0 radical (unpaired) electrons. The Kier molecular flexibility index (Phi) is 3.85. The van der Waals surface area contributed by atoms with E-state index >= 15 is 0 Å². The highest BCUT2D eigenvalue weighted by molar-refractivity contribution is 5.90. The molecular weight excluding hydrogens is 246 g/mol. The number of nitrogens with zero attached hydrogens (tertiary/aromatic N) is 1. The SMILES string of the molecule is COc1ccc(OC)c2nc(CCC(=O)O)ccc12. The van der Waals surface area contributed by atoms with Crippen LogP contribution in [0.25, 0.3) is 10.9 Å². The molecule has 2 rings (SSSR count). The van der Waals surface area contributed by atoms with Crippen LogP contribution in [-0.4, -0.2) is 30.3 Å². The number of pyridine rings is 1. The zero-order valence-corrected chi connectivity index (χ0v) is 10.8. The van der Waals surface area contributed by atoms with Gasteiger partial charge in [0.05, 0.1) is 20.6 Å². The zero-order chi connectivity index (χ0) is 13.8. The summed E-state index contributed by atoms with van der Waals surface area (Å²) >= 11 is 0. The number of methoxy groups -OCH3 is 2. The second kappa shape index (κ2) is 5.56. The first-order chi connectivity index (χ1) is 9.15. The highest BCUT2D eigenvalue weighted by Crippen LogP contribution is 2.31. The van der Waals surface area contributed by atoms with E-state index in [1.54, 1.807) is 20.3 Å². The normalized spacial score (nSPS) is 10.4. The Bertz CT molecular complexity index is 610. The van der Waals surface area contributed by atoms with Crippen molar-refractivity contribution in [1.82, 2.24) is 4.98 Å². The van der Waals surface area contributed by atoms with E-state index in [9.17, 15) is 4.79 Å². The molecule has 5 heteroatoms. The number of hydrogen-bond donors (Lipinski definition) is 1. The quantitative estimate of drug-likeness (QED) is 0.894. The van der Waals surface area contributed by atoms with Crippen molar-refractivity contribution in [2.24, 2.45) is 0 Å². The molecule has 0 saturated heterocycles. The zero-order valence-electron chi connectivity index (χ0n) is 10.8. The Morgan fingerprint density at radius 1 is 1.16 bits per heavy atom. The first-order valence-electron chi connectivity index (χ1n) is 5.88.